The molecule has 0 spiro atoms. The molecule has 0 saturated carbocycles. The van der Waals surface area contributed by atoms with Crippen molar-refractivity contribution in [3.63, 3.8) is 0 Å². The van der Waals surface area contributed by atoms with Crippen molar-refractivity contribution in [2.45, 2.75) is 12.8 Å². The lowest BCUT2D eigenvalue weighted by Gasteiger charge is -2.13. The maximum atomic E-state index is 12.5. The lowest BCUT2D eigenvalue weighted by atomic mass is 10.3. The van der Waals surface area contributed by atoms with Crippen molar-refractivity contribution in [1.82, 2.24) is 4.98 Å². The Morgan fingerprint density at radius 2 is 2.21 bits per heavy atom. The second-order valence-electron chi connectivity index (χ2n) is 2.94. The predicted octanol–water partition coefficient (Wildman–Crippen LogP) is 1.40. The zero-order chi connectivity index (χ0) is 10.6. The average molecular weight is 203 g/mol. The molecular formula is C9H11F2NO2. The molecule has 3 nitrogen and oxygen atoms in total. The van der Waals surface area contributed by atoms with Gasteiger partial charge in [0.15, 0.2) is 6.61 Å². The fourth-order valence-electron chi connectivity index (χ4n) is 0.774. The first-order valence-corrected chi connectivity index (χ1v) is 4.08. The van der Waals surface area contributed by atoms with Crippen LogP contribution in [0.25, 0.3) is 0 Å². The molecule has 5 heteroatoms. The van der Waals surface area contributed by atoms with E-state index < -0.39 is 19.1 Å². The Morgan fingerprint density at radius 3 is 2.71 bits per heavy atom. The highest BCUT2D eigenvalue weighted by molar-refractivity contribution is 5.19. The minimum absolute atomic E-state index is 0.267. The third-order valence-electron chi connectivity index (χ3n) is 1.57. The Morgan fingerprint density at radius 1 is 1.50 bits per heavy atom. The molecular weight excluding hydrogens is 192 g/mol. The quantitative estimate of drug-likeness (QED) is 0.804. The number of hydrogen-bond acceptors (Lipinski definition) is 3. The van der Waals surface area contributed by atoms with Crippen LogP contribution in [0.2, 0.25) is 0 Å². The van der Waals surface area contributed by atoms with Crippen LogP contribution in [-0.4, -0.2) is 29.2 Å². The standard InChI is InChI=1S/C9H11F2NO2/c1-7-2-3-8(4-12-7)14-6-9(10,11)5-13/h2-4,13H,5-6H2,1H3. The van der Waals surface area contributed by atoms with Crippen molar-refractivity contribution < 1.29 is 18.6 Å². The molecule has 0 aliphatic rings. The smallest absolute Gasteiger partial charge is 0.303 e. The van der Waals surface area contributed by atoms with Crippen molar-refractivity contribution in [3.05, 3.63) is 24.0 Å². The van der Waals surface area contributed by atoms with Gasteiger partial charge in [-0.05, 0) is 19.1 Å². The van der Waals surface area contributed by atoms with Gasteiger partial charge >= 0.3 is 5.92 Å². The van der Waals surface area contributed by atoms with E-state index in [1.165, 1.54) is 6.20 Å². The van der Waals surface area contributed by atoms with Gasteiger partial charge in [0.05, 0.1) is 6.20 Å². The Labute approximate surface area is 80.3 Å². The van der Waals surface area contributed by atoms with Crippen LogP contribution in [-0.2, 0) is 0 Å². The number of nitrogens with zero attached hydrogens (tertiary/aromatic N) is 1. The number of aromatic nitrogens is 1. The molecule has 1 rings (SSSR count). The van der Waals surface area contributed by atoms with Gasteiger partial charge in [-0.1, -0.05) is 0 Å². The number of hydrogen-bond donors (Lipinski definition) is 1. The van der Waals surface area contributed by atoms with Crippen LogP contribution in [0, 0.1) is 6.92 Å². The van der Waals surface area contributed by atoms with Gasteiger partial charge < -0.3 is 9.84 Å². The minimum Gasteiger partial charge on any atom is -0.486 e. The predicted molar refractivity (Wildman–Crippen MR) is 46.5 cm³/mol. The third kappa shape index (κ3) is 3.26. The van der Waals surface area contributed by atoms with Gasteiger partial charge in [-0.15, -0.1) is 0 Å². The molecule has 0 fully saturated rings. The third-order valence-corrected chi connectivity index (χ3v) is 1.57. The Balaban J connectivity index is 2.50. The van der Waals surface area contributed by atoms with E-state index in [1.807, 2.05) is 0 Å². The van der Waals surface area contributed by atoms with Crippen LogP contribution >= 0.6 is 0 Å². The fourth-order valence-corrected chi connectivity index (χ4v) is 0.774. The van der Waals surface area contributed by atoms with E-state index in [2.05, 4.69) is 4.98 Å². The number of aliphatic hydroxyl groups is 1. The molecule has 0 unspecified atom stereocenters. The summed E-state index contributed by atoms with van der Waals surface area (Å²) in [5.41, 5.74) is 0.784. The van der Waals surface area contributed by atoms with E-state index in [4.69, 9.17) is 9.84 Å². The molecule has 0 radical (unpaired) electrons. The molecule has 1 aromatic rings. The molecule has 1 aromatic heterocycles. The maximum Gasteiger partial charge on any atom is 0.303 e. The molecule has 0 aromatic carbocycles. The monoisotopic (exact) mass is 203 g/mol. The van der Waals surface area contributed by atoms with Gasteiger partial charge in [0.25, 0.3) is 0 Å². The second-order valence-corrected chi connectivity index (χ2v) is 2.94. The topological polar surface area (TPSA) is 42.4 Å². The summed E-state index contributed by atoms with van der Waals surface area (Å²) in [5, 5.41) is 8.27. The van der Waals surface area contributed by atoms with Crippen molar-refractivity contribution in [2.75, 3.05) is 13.2 Å². The van der Waals surface area contributed by atoms with Crippen molar-refractivity contribution in [2.24, 2.45) is 0 Å². The second kappa shape index (κ2) is 4.32. The number of alkyl halides is 2. The summed E-state index contributed by atoms with van der Waals surface area (Å²) in [4.78, 5) is 3.87. The van der Waals surface area contributed by atoms with Gasteiger partial charge in [0, 0.05) is 5.69 Å². The van der Waals surface area contributed by atoms with Crippen LogP contribution in [0.4, 0.5) is 8.78 Å². The summed E-state index contributed by atoms with van der Waals surface area (Å²) >= 11 is 0. The van der Waals surface area contributed by atoms with Gasteiger partial charge in [0.2, 0.25) is 0 Å². The van der Waals surface area contributed by atoms with E-state index in [0.717, 1.165) is 5.69 Å². The number of pyridine rings is 1. The molecule has 0 amide bonds. The molecule has 0 bridgehead atoms. The van der Waals surface area contributed by atoms with Crippen molar-refractivity contribution in [3.8, 4) is 5.75 Å². The zero-order valence-corrected chi connectivity index (χ0v) is 7.70. The number of aryl methyl sites for hydroxylation is 1. The minimum atomic E-state index is -3.20. The Kier molecular flexibility index (Phi) is 3.35. The first-order chi connectivity index (χ1) is 6.53. The van der Waals surface area contributed by atoms with Crippen LogP contribution in [0.5, 0.6) is 5.75 Å². The first-order valence-electron chi connectivity index (χ1n) is 4.08. The lowest BCUT2D eigenvalue weighted by Crippen LogP contribution is -2.29. The number of halogens is 2. The van der Waals surface area contributed by atoms with E-state index in [-0.39, 0.29) is 5.75 Å². The average Bonchev–Trinajstić information content (AvgIpc) is 2.17. The SMILES string of the molecule is Cc1ccc(OCC(F)(F)CO)cn1. The van der Waals surface area contributed by atoms with Gasteiger partial charge in [-0.3, -0.25) is 4.98 Å². The lowest BCUT2D eigenvalue weighted by molar-refractivity contribution is -0.0801. The van der Waals surface area contributed by atoms with Gasteiger partial charge in [-0.25, -0.2) is 8.78 Å². The van der Waals surface area contributed by atoms with Crippen molar-refractivity contribution >= 4 is 0 Å². The van der Waals surface area contributed by atoms with Gasteiger partial charge in [-0.2, -0.15) is 0 Å². The van der Waals surface area contributed by atoms with Gasteiger partial charge in [0.1, 0.15) is 12.4 Å². The first kappa shape index (κ1) is 10.8. The summed E-state index contributed by atoms with van der Waals surface area (Å²) in [5.74, 6) is -2.94. The summed E-state index contributed by atoms with van der Waals surface area (Å²) in [6.07, 6.45) is 1.36. The number of rotatable bonds is 4. The molecule has 0 aliphatic heterocycles. The zero-order valence-electron chi connectivity index (χ0n) is 7.70. The molecule has 14 heavy (non-hydrogen) atoms. The van der Waals surface area contributed by atoms with E-state index in [1.54, 1.807) is 19.1 Å². The highest BCUT2D eigenvalue weighted by Crippen LogP contribution is 2.15. The van der Waals surface area contributed by atoms with Crippen LogP contribution in [0.1, 0.15) is 5.69 Å². The van der Waals surface area contributed by atoms with Crippen molar-refractivity contribution in [1.29, 1.82) is 0 Å². The van der Waals surface area contributed by atoms with Crippen LogP contribution < -0.4 is 4.74 Å². The molecule has 0 saturated heterocycles. The molecule has 1 N–H and O–H groups in total. The molecule has 78 valence electrons. The summed E-state index contributed by atoms with van der Waals surface area (Å²) in [6.45, 7) is -0.271. The largest absolute Gasteiger partial charge is 0.486 e. The maximum absolute atomic E-state index is 12.5. The number of aliphatic hydroxyl groups excluding tert-OH is 1. The van der Waals surface area contributed by atoms with Crippen LogP contribution in [0.15, 0.2) is 18.3 Å². The summed E-state index contributed by atoms with van der Waals surface area (Å²) < 4.78 is 29.8. The Bertz CT molecular complexity index is 287. The highest BCUT2D eigenvalue weighted by atomic mass is 19.3. The van der Waals surface area contributed by atoms with E-state index in [0.29, 0.717) is 0 Å². The normalized spacial score (nSPS) is 11.4. The summed E-state index contributed by atoms with van der Waals surface area (Å²) in [7, 11) is 0. The fraction of sp³-hybridized carbons (Fsp3) is 0.444. The van der Waals surface area contributed by atoms with E-state index in [9.17, 15) is 8.78 Å². The molecule has 0 aliphatic carbocycles. The summed E-state index contributed by atoms with van der Waals surface area (Å²) in [6, 6.07) is 3.21. The molecule has 0 atom stereocenters. The Hall–Kier alpha value is -1.23. The number of ether oxygens (including phenoxy) is 1. The highest BCUT2D eigenvalue weighted by Gasteiger charge is 2.28. The van der Waals surface area contributed by atoms with Crippen LogP contribution in [0.3, 0.4) is 0 Å². The molecule has 1 heterocycles. The van der Waals surface area contributed by atoms with E-state index >= 15 is 0 Å².